The third-order valence-electron chi connectivity index (χ3n) is 4.05. The quantitative estimate of drug-likeness (QED) is 0.658. The van der Waals surface area contributed by atoms with Crippen LogP contribution in [0.3, 0.4) is 0 Å². The predicted octanol–water partition coefficient (Wildman–Crippen LogP) is 2.71. The zero-order valence-electron chi connectivity index (χ0n) is 15.0. The maximum absolute atomic E-state index is 13.1. The van der Waals surface area contributed by atoms with E-state index in [9.17, 15) is 4.39 Å². The summed E-state index contributed by atoms with van der Waals surface area (Å²) in [5.74, 6) is 0.899. The van der Waals surface area contributed by atoms with Crippen LogP contribution in [0.15, 0.2) is 48.9 Å². The first-order valence-corrected chi connectivity index (χ1v) is 8.75. The summed E-state index contributed by atoms with van der Waals surface area (Å²) in [6.07, 6.45) is 6.03. The number of aromatic nitrogens is 4. The molecule has 3 rings (SSSR count). The highest BCUT2D eigenvalue weighted by Crippen LogP contribution is 2.21. The number of nitrogens with zero attached hydrogens (tertiary/aromatic N) is 4. The van der Waals surface area contributed by atoms with Crippen LogP contribution >= 0.6 is 0 Å². The van der Waals surface area contributed by atoms with Crippen molar-refractivity contribution in [1.29, 1.82) is 0 Å². The molecule has 2 aromatic heterocycles. The molecule has 0 saturated carbocycles. The molecule has 7 heteroatoms. The highest BCUT2D eigenvalue weighted by Gasteiger charge is 2.13. The van der Waals surface area contributed by atoms with Gasteiger partial charge in [0.15, 0.2) is 0 Å². The molecule has 2 heterocycles. The predicted molar refractivity (Wildman–Crippen MR) is 98.0 cm³/mol. The van der Waals surface area contributed by atoms with Crippen molar-refractivity contribution >= 4 is 0 Å². The molecule has 140 valence electrons. The molecule has 0 spiro atoms. The number of hydrogen-bond donors (Lipinski definition) is 1. The average molecular weight is 368 g/mol. The summed E-state index contributed by atoms with van der Waals surface area (Å²) < 4.78 is 18.6. The second-order valence-corrected chi connectivity index (χ2v) is 6.22. The van der Waals surface area contributed by atoms with Gasteiger partial charge in [0.25, 0.3) is 0 Å². The van der Waals surface area contributed by atoms with Crippen LogP contribution in [0.4, 0.5) is 4.39 Å². The fourth-order valence-electron chi connectivity index (χ4n) is 2.72. The molecule has 0 amide bonds. The van der Waals surface area contributed by atoms with Gasteiger partial charge in [-0.05, 0) is 23.6 Å². The number of benzene rings is 1. The van der Waals surface area contributed by atoms with Crippen LogP contribution in [0.5, 0.6) is 5.88 Å². The lowest BCUT2D eigenvalue weighted by molar-refractivity contribution is 0.196. The van der Waals surface area contributed by atoms with Crippen LogP contribution in [0.2, 0.25) is 0 Å². The lowest BCUT2D eigenvalue weighted by Crippen LogP contribution is -2.10. The zero-order chi connectivity index (χ0) is 19.1. The van der Waals surface area contributed by atoms with Crippen LogP contribution in [0.1, 0.15) is 35.6 Å². The van der Waals surface area contributed by atoms with E-state index in [0.29, 0.717) is 24.5 Å². The Morgan fingerprint density at radius 2 is 1.93 bits per heavy atom. The molecule has 0 aliphatic rings. The van der Waals surface area contributed by atoms with Crippen LogP contribution < -0.4 is 4.74 Å². The molecular formula is C20H21FN4O2. The fourth-order valence-corrected chi connectivity index (χ4v) is 2.72. The molecule has 0 bridgehead atoms. The topological polar surface area (TPSA) is 81.0 Å². The van der Waals surface area contributed by atoms with Crippen molar-refractivity contribution in [2.24, 2.45) is 0 Å². The van der Waals surface area contributed by atoms with E-state index in [1.165, 1.54) is 12.1 Å². The summed E-state index contributed by atoms with van der Waals surface area (Å²) in [6.45, 7) is 2.11. The van der Waals surface area contributed by atoms with Crippen LogP contribution in [0, 0.1) is 5.82 Å². The van der Waals surface area contributed by atoms with E-state index in [0.717, 1.165) is 17.0 Å². The summed E-state index contributed by atoms with van der Waals surface area (Å²) in [5.41, 5.74) is 2.57. The van der Waals surface area contributed by atoms with Crippen molar-refractivity contribution in [3.05, 3.63) is 77.5 Å². The van der Waals surface area contributed by atoms with Gasteiger partial charge < -0.3 is 9.84 Å². The van der Waals surface area contributed by atoms with E-state index in [1.807, 2.05) is 6.92 Å². The Morgan fingerprint density at radius 1 is 1.11 bits per heavy atom. The maximum Gasteiger partial charge on any atom is 0.216 e. The molecule has 0 saturated heterocycles. The Morgan fingerprint density at radius 3 is 2.63 bits per heavy atom. The molecule has 1 aromatic carbocycles. The molecule has 27 heavy (non-hydrogen) atoms. The Bertz CT molecular complexity index is 860. The van der Waals surface area contributed by atoms with Gasteiger partial charge in [-0.3, -0.25) is 9.97 Å². The summed E-state index contributed by atoms with van der Waals surface area (Å²) in [4.78, 5) is 17.4. The number of aliphatic hydroxyl groups excluding tert-OH is 1. The van der Waals surface area contributed by atoms with E-state index in [4.69, 9.17) is 9.84 Å². The van der Waals surface area contributed by atoms with Gasteiger partial charge >= 0.3 is 0 Å². The summed E-state index contributed by atoms with van der Waals surface area (Å²) >= 11 is 0. The maximum atomic E-state index is 13.1. The van der Waals surface area contributed by atoms with Crippen molar-refractivity contribution in [2.45, 2.75) is 25.7 Å². The summed E-state index contributed by atoms with van der Waals surface area (Å²) in [7, 11) is 0. The minimum Gasteiger partial charge on any atom is -0.475 e. The van der Waals surface area contributed by atoms with Gasteiger partial charge in [-0.1, -0.05) is 19.1 Å². The number of aliphatic hydroxyl groups is 1. The standard InChI is InChI=1S/C20H21FN4O2/c1-14(15-2-4-16(21)5-3-15)10-19-24-17(11-18-13-22-6-7-23-18)12-20(25-19)27-9-8-26/h2-7,12-14,26H,8-11H2,1H3/t14-/m1/s1. The summed E-state index contributed by atoms with van der Waals surface area (Å²) in [6, 6.07) is 8.19. The normalized spacial score (nSPS) is 12.0. The number of rotatable bonds is 8. The molecular weight excluding hydrogens is 347 g/mol. The Balaban J connectivity index is 1.81. The monoisotopic (exact) mass is 368 g/mol. The highest BCUT2D eigenvalue weighted by atomic mass is 19.1. The average Bonchev–Trinajstić information content (AvgIpc) is 2.67. The first-order valence-electron chi connectivity index (χ1n) is 8.75. The van der Waals surface area contributed by atoms with E-state index in [-0.39, 0.29) is 24.9 Å². The van der Waals surface area contributed by atoms with E-state index in [1.54, 1.807) is 36.8 Å². The van der Waals surface area contributed by atoms with Gasteiger partial charge in [-0.2, -0.15) is 4.98 Å². The first-order chi connectivity index (χ1) is 13.1. The number of halogens is 1. The van der Waals surface area contributed by atoms with Gasteiger partial charge in [0, 0.05) is 37.5 Å². The van der Waals surface area contributed by atoms with Gasteiger partial charge in [0.05, 0.1) is 18.0 Å². The van der Waals surface area contributed by atoms with Gasteiger partial charge in [-0.15, -0.1) is 0 Å². The van der Waals surface area contributed by atoms with Gasteiger partial charge in [0.2, 0.25) is 5.88 Å². The van der Waals surface area contributed by atoms with E-state index >= 15 is 0 Å². The molecule has 1 atom stereocenters. The van der Waals surface area contributed by atoms with Crippen LogP contribution in [0.25, 0.3) is 0 Å². The second kappa shape index (κ2) is 9.14. The van der Waals surface area contributed by atoms with E-state index in [2.05, 4.69) is 19.9 Å². The minimum atomic E-state index is -0.257. The minimum absolute atomic E-state index is 0.0924. The van der Waals surface area contributed by atoms with Gasteiger partial charge in [0.1, 0.15) is 18.2 Å². The van der Waals surface area contributed by atoms with Crippen molar-refractivity contribution in [1.82, 2.24) is 19.9 Å². The molecule has 0 fully saturated rings. The highest BCUT2D eigenvalue weighted by molar-refractivity contribution is 5.24. The molecule has 1 N–H and O–H groups in total. The lowest BCUT2D eigenvalue weighted by atomic mass is 9.97. The van der Waals surface area contributed by atoms with Gasteiger partial charge in [-0.25, -0.2) is 9.37 Å². The second-order valence-electron chi connectivity index (χ2n) is 6.22. The third-order valence-corrected chi connectivity index (χ3v) is 4.05. The molecule has 0 radical (unpaired) electrons. The number of hydrogen-bond acceptors (Lipinski definition) is 6. The SMILES string of the molecule is C[C@H](Cc1nc(Cc2cnccn2)cc(OCCO)n1)c1ccc(F)cc1. The van der Waals surface area contributed by atoms with Crippen LogP contribution in [-0.4, -0.2) is 38.3 Å². The summed E-state index contributed by atoms with van der Waals surface area (Å²) in [5, 5.41) is 9.00. The molecule has 3 aromatic rings. The fraction of sp³-hybridized carbons (Fsp3) is 0.300. The lowest BCUT2D eigenvalue weighted by Gasteiger charge is -2.13. The Kier molecular flexibility index (Phi) is 6.38. The zero-order valence-corrected chi connectivity index (χ0v) is 15.0. The third kappa shape index (κ3) is 5.52. The van der Waals surface area contributed by atoms with Crippen molar-refractivity contribution in [2.75, 3.05) is 13.2 Å². The largest absolute Gasteiger partial charge is 0.475 e. The van der Waals surface area contributed by atoms with Crippen LogP contribution in [-0.2, 0) is 12.8 Å². The first kappa shape index (κ1) is 18.8. The molecule has 0 aliphatic heterocycles. The molecule has 0 aliphatic carbocycles. The van der Waals surface area contributed by atoms with Crippen molar-refractivity contribution in [3.63, 3.8) is 0 Å². The molecule has 0 unspecified atom stereocenters. The smallest absolute Gasteiger partial charge is 0.216 e. The van der Waals surface area contributed by atoms with E-state index < -0.39 is 0 Å². The van der Waals surface area contributed by atoms with Crippen molar-refractivity contribution < 1.29 is 14.2 Å². The molecule has 6 nitrogen and oxygen atoms in total. The Hall–Kier alpha value is -2.93. The Labute approximate surface area is 157 Å². The van der Waals surface area contributed by atoms with Crippen molar-refractivity contribution in [3.8, 4) is 5.88 Å². The number of ether oxygens (including phenoxy) is 1.